The predicted molar refractivity (Wildman–Crippen MR) is 77.2 cm³/mol. The average Bonchev–Trinajstić information content (AvgIpc) is 2.76. The van der Waals surface area contributed by atoms with E-state index in [-0.39, 0.29) is 12.4 Å². The number of rotatable bonds is 3. The lowest BCUT2D eigenvalue weighted by molar-refractivity contribution is -0.153. The van der Waals surface area contributed by atoms with Gasteiger partial charge in [-0.1, -0.05) is 11.6 Å². The molecule has 0 saturated carbocycles. The van der Waals surface area contributed by atoms with Crippen LogP contribution >= 0.6 is 11.6 Å². The summed E-state index contributed by atoms with van der Waals surface area (Å²) in [5.41, 5.74) is 0.322. The Hall–Kier alpha value is -2.08. The third kappa shape index (κ3) is 4.19. The zero-order valence-electron chi connectivity index (χ0n) is 11.9. The monoisotopic (exact) mass is 310 g/mol. The molecule has 0 aliphatic carbocycles. The Morgan fingerprint density at radius 2 is 2.10 bits per heavy atom. The molecule has 112 valence electrons. The van der Waals surface area contributed by atoms with Gasteiger partial charge in [0.25, 0.3) is 5.89 Å². The van der Waals surface area contributed by atoms with E-state index in [1.807, 2.05) is 0 Å². The zero-order valence-corrected chi connectivity index (χ0v) is 12.7. The second kappa shape index (κ2) is 5.73. The Morgan fingerprint density at radius 3 is 2.76 bits per heavy atom. The molecular weight excluding hydrogens is 296 g/mol. The first kappa shape index (κ1) is 15.3. The van der Waals surface area contributed by atoms with Crippen molar-refractivity contribution in [3.63, 3.8) is 0 Å². The van der Waals surface area contributed by atoms with E-state index >= 15 is 0 Å². The number of carbonyl (C=O) groups excluding carboxylic acids is 2. The Morgan fingerprint density at radius 1 is 1.38 bits per heavy atom. The molecule has 0 saturated heterocycles. The first-order chi connectivity index (χ1) is 9.74. The van der Waals surface area contributed by atoms with Crippen molar-refractivity contribution in [2.24, 2.45) is 0 Å². The Balaban J connectivity index is 2.01. The number of ether oxygens (including phenoxy) is 1. The highest BCUT2D eigenvalue weighted by molar-refractivity contribution is 6.31. The predicted octanol–water partition coefficient (Wildman–Crippen LogP) is 2.55. The van der Waals surface area contributed by atoms with Gasteiger partial charge in [0.1, 0.15) is 17.7 Å². The minimum atomic E-state index is -0.601. The van der Waals surface area contributed by atoms with Gasteiger partial charge in [0.2, 0.25) is 0 Å². The number of halogens is 1. The topological polar surface area (TPSA) is 81.4 Å². The molecule has 21 heavy (non-hydrogen) atoms. The van der Waals surface area contributed by atoms with Crippen molar-refractivity contribution in [2.75, 3.05) is 6.54 Å². The van der Waals surface area contributed by atoms with Crippen molar-refractivity contribution in [2.45, 2.75) is 26.4 Å². The first-order valence-corrected chi connectivity index (χ1v) is 6.68. The molecule has 0 bridgehead atoms. The molecule has 2 rings (SSSR count). The summed E-state index contributed by atoms with van der Waals surface area (Å²) in [5, 5.41) is 2.89. The summed E-state index contributed by atoms with van der Waals surface area (Å²) >= 11 is 5.83. The number of hydrogen-bond acceptors (Lipinski definition) is 5. The maximum atomic E-state index is 11.9. The highest BCUT2D eigenvalue weighted by Gasteiger charge is 2.19. The van der Waals surface area contributed by atoms with Crippen LogP contribution in [0.1, 0.15) is 31.5 Å². The van der Waals surface area contributed by atoms with Gasteiger partial charge in [-0.2, -0.15) is 0 Å². The Labute approximate surface area is 126 Å². The minimum Gasteiger partial charge on any atom is -0.459 e. The standard InChI is InChI=1S/C14H15ClN2O4/c1-14(2,3)21-11(18)7-16-12(19)13-17-9-6-8(15)4-5-10(9)20-13/h4-6H,7H2,1-3H3,(H,16,19). The second-order valence-corrected chi connectivity index (χ2v) is 5.84. The number of carbonyl (C=O) groups is 2. The molecule has 1 amide bonds. The normalized spacial score (nSPS) is 11.4. The van der Waals surface area contributed by atoms with Gasteiger partial charge < -0.3 is 14.5 Å². The van der Waals surface area contributed by atoms with Crippen molar-refractivity contribution in [3.05, 3.63) is 29.1 Å². The number of oxazole rings is 1. The smallest absolute Gasteiger partial charge is 0.325 e. The fourth-order valence-electron chi connectivity index (χ4n) is 1.60. The highest BCUT2D eigenvalue weighted by atomic mass is 35.5. The van der Waals surface area contributed by atoms with Gasteiger partial charge >= 0.3 is 11.9 Å². The molecule has 0 spiro atoms. The SMILES string of the molecule is CC(C)(C)OC(=O)CNC(=O)c1nc2cc(Cl)ccc2o1. The van der Waals surface area contributed by atoms with Crippen molar-refractivity contribution in [3.8, 4) is 0 Å². The molecule has 0 atom stereocenters. The highest BCUT2D eigenvalue weighted by Crippen LogP contribution is 2.19. The Bertz CT molecular complexity index is 688. The van der Waals surface area contributed by atoms with E-state index in [1.165, 1.54) is 0 Å². The molecule has 1 N–H and O–H groups in total. The summed E-state index contributed by atoms with van der Waals surface area (Å²) in [7, 11) is 0. The van der Waals surface area contributed by atoms with Gasteiger partial charge in [-0.3, -0.25) is 9.59 Å². The van der Waals surface area contributed by atoms with Crippen LogP contribution in [0.4, 0.5) is 0 Å². The van der Waals surface area contributed by atoms with Crippen LogP contribution in [0.25, 0.3) is 11.1 Å². The third-order valence-electron chi connectivity index (χ3n) is 2.36. The van der Waals surface area contributed by atoms with Crippen LogP contribution in [0.15, 0.2) is 22.6 Å². The maximum absolute atomic E-state index is 11.9. The van der Waals surface area contributed by atoms with E-state index in [9.17, 15) is 9.59 Å². The molecule has 0 unspecified atom stereocenters. The molecule has 0 aliphatic heterocycles. The number of nitrogens with one attached hydrogen (secondary N) is 1. The van der Waals surface area contributed by atoms with E-state index in [0.29, 0.717) is 16.1 Å². The molecule has 0 radical (unpaired) electrons. The maximum Gasteiger partial charge on any atom is 0.325 e. The van der Waals surface area contributed by atoms with E-state index < -0.39 is 17.5 Å². The molecule has 7 heteroatoms. The molecule has 0 aliphatic rings. The summed E-state index contributed by atoms with van der Waals surface area (Å²) in [4.78, 5) is 27.4. The Kier molecular flexibility index (Phi) is 4.18. The van der Waals surface area contributed by atoms with Gasteiger partial charge in [-0.05, 0) is 39.0 Å². The van der Waals surface area contributed by atoms with Crippen molar-refractivity contribution in [1.82, 2.24) is 10.3 Å². The minimum absolute atomic E-state index is 0.129. The summed E-state index contributed by atoms with van der Waals surface area (Å²) in [6.07, 6.45) is 0. The van der Waals surface area contributed by atoms with Crippen LogP contribution in [0, 0.1) is 0 Å². The quantitative estimate of drug-likeness (QED) is 0.881. The molecule has 1 aromatic heterocycles. The molecule has 2 aromatic rings. The summed E-state index contributed by atoms with van der Waals surface area (Å²) < 4.78 is 10.4. The van der Waals surface area contributed by atoms with E-state index in [1.54, 1.807) is 39.0 Å². The van der Waals surface area contributed by atoms with E-state index in [0.717, 1.165) is 0 Å². The van der Waals surface area contributed by atoms with Gasteiger partial charge in [-0.25, -0.2) is 4.98 Å². The van der Waals surface area contributed by atoms with Gasteiger partial charge in [0.15, 0.2) is 5.58 Å². The van der Waals surface area contributed by atoms with Crippen LogP contribution < -0.4 is 5.32 Å². The lowest BCUT2D eigenvalue weighted by Crippen LogP contribution is -2.34. The number of aromatic nitrogens is 1. The van der Waals surface area contributed by atoms with Crippen LogP contribution in [-0.2, 0) is 9.53 Å². The zero-order chi connectivity index (χ0) is 15.6. The summed E-state index contributed by atoms with van der Waals surface area (Å²) in [6.45, 7) is 4.99. The number of hydrogen-bond donors (Lipinski definition) is 1. The van der Waals surface area contributed by atoms with Crippen molar-refractivity contribution in [1.29, 1.82) is 0 Å². The molecule has 1 aromatic carbocycles. The first-order valence-electron chi connectivity index (χ1n) is 6.31. The van der Waals surface area contributed by atoms with Gasteiger partial charge in [0.05, 0.1) is 0 Å². The summed E-state index contributed by atoms with van der Waals surface area (Å²) in [5.74, 6) is -1.25. The number of benzene rings is 1. The van der Waals surface area contributed by atoms with E-state index in [2.05, 4.69) is 10.3 Å². The number of nitrogens with zero attached hydrogens (tertiary/aromatic N) is 1. The van der Waals surface area contributed by atoms with Crippen molar-refractivity contribution < 1.29 is 18.7 Å². The van der Waals surface area contributed by atoms with E-state index in [4.69, 9.17) is 20.8 Å². The fourth-order valence-corrected chi connectivity index (χ4v) is 1.77. The fraction of sp³-hybridized carbons (Fsp3) is 0.357. The number of amides is 1. The molecule has 1 heterocycles. The average molecular weight is 311 g/mol. The lowest BCUT2D eigenvalue weighted by atomic mass is 10.2. The van der Waals surface area contributed by atoms with Crippen LogP contribution in [-0.4, -0.2) is 29.0 Å². The molecule has 0 fully saturated rings. The number of fused-ring (bicyclic) bond motifs is 1. The van der Waals surface area contributed by atoms with Crippen LogP contribution in [0.2, 0.25) is 5.02 Å². The largest absolute Gasteiger partial charge is 0.459 e. The van der Waals surface area contributed by atoms with Crippen molar-refractivity contribution >= 4 is 34.6 Å². The van der Waals surface area contributed by atoms with Gasteiger partial charge in [-0.15, -0.1) is 0 Å². The molecular formula is C14H15ClN2O4. The van der Waals surface area contributed by atoms with Gasteiger partial charge in [0, 0.05) is 5.02 Å². The number of esters is 1. The lowest BCUT2D eigenvalue weighted by Gasteiger charge is -2.19. The third-order valence-corrected chi connectivity index (χ3v) is 2.59. The molecule has 6 nitrogen and oxygen atoms in total. The summed E-state index contributed by atoms with van der Waals surface area (Å²) in [6, 6.07) is 4.85. The van der Waals surface area contributed by atoms with Crippen LogP contribution in [0.5, 0.6) is 0 Å². The second-order valence-electron chi connectivity index (χ2n) is 5.40. The van der Waals surface area contributed by atoms with Crippen LogP contribution in [0.3, 0.4) is 0 Å².